The van der Waals surface area contributed by atoms with Gasteiger partial charge in [-0.3, -0.25) is 24.3 Å². The smallest absolute Gasteiger partial charge is 0.258 e. The molecule has 1 aliphatic rings. The molecule has 9 nitrogen and oxygen atoms in total. The van der Waals surface area contributed by atoms with Crippen molar-refractivity contribution < 1.29 is 14.3 Å². The van der Waals surface area contributed by atoms with E-state index in [0.29, 0.717) is 36.8 Å². The molecule has 0 radical (unpaired) electrons. The molecule has 0 unspecified atom stereocenters. The van der Waals surface area contributed by atoms with Gasteiger partial charge in [0.2, 0.25) is 11.8 Å². The summed E-state index contributed by atoms with van der Waals surface area (Å²) in [6.45, 7) is 9.29. The van der Waals surface area contributed by atoms with Gasteiger partial charge in [-0.05, 0) is 81.0 Å². The first-order chi connectivity index (χ1) is 21.2. The minimum absolute atomic E-state index is 0. The quantitative estimate of drug-likeness (QED) is 0.137. The molecule has 0 N–H and O–H groups in total. The number of hydrogen-bond acceptors (Lipinski definition) is 6. The van der Waals surface area contributed by atoms with E-state index in [2.05, 4.69) is 9.88 Å². The molecule has 0 saturated carbocycles. The minimum Gasteiger partial charge on any atom is -0.493 e. The summed E-state index contributed by atoms with van der Waals surface area (Å²) >= 11 is 0. The van der Waals surface area contributed by atoms with Crippen LogP contribution in [0.2, 0.25) is 0 Å². The third kappa shape index (κ3) is 7.89. The van der Waals surface area contributed by atoms with E-state index < -0.39 is 5.41 Å². The van der Waals surface area contributed by atoms with Crippen LogP contribution in [0.3, 0.4) is 0 Å². The summed E-state index contributed by atoms with van der Waals surface area (Å²) in [5, 5.41) is 1.70. The van der Waals surface area contributed by atoms with Crippen LogP contribution in [0.1, 0.15) is 39.2 Å². The molecular formula is C35H43Cl2N5O4. The average Bonchev–Trinajstić information content (AvgIpc) is 3.08. The van der Waals surface area contributed by atoms with Gasteiger partial charge in [0.05, 0.1) is 18.0 Å². The second-order valence-electron chi connectivity index (χ2n) is 11.8. The van der Waals surface area contributed by atoms with Crippen LogP contribution in [-0.4, -0.2) is 59.6 Å². The zero-order chi connectivity index (χ0) is 31.3. The first-order valence-electron chi connectivity index (χ1n) is 15.3. The number of halogens is 2. The van der Waals surface area contributed by atoms with E-state index in [1.165, 1.54) is 5.56 Å². The molecule has 0 fully saturated rings. The van der Waals surface area contributed by atoms with Crippen molar-refractivity contribution >= 4 is 58.8 Å². The Morgan fingerprint density at radius 2 is 1.59 bits per heavy atom. The number of rotatable bonds is 12. The van der Waals surface area contributed by atoms with E-state index in [0.717, 1.165) is 43.2 Å². The first kappa shape index (κ1) is 36.5. The molecule has 1 aliphatic heterocycles. The predicted octanol–water partition coefficient (Wildman–Crippen LogP) is 5.96. The number of pyridine rings is 2. The van der Waals surface area contributed by atoms with Gasteiger partial charge in [-0.2, -0.15) is 0 Å². The summed E-state index contributed by atoms with van der Waals surface area (Å²) < 4.78 is 7.95. The Balaban J connectivity index is 0.00000288. The van der Waals surface area contributed by atoms with Gasteiger partial charge < -0.3 is 19.1 Å². The van der Waals surface area contributed by atoms with Crippen LogP contribution in [0, 0.1) is 5.41 Å². The predicted molar refractivity (Wildman–Crippen MR) is 189 cm³/mol. The van der Waals surface area contributed by atoms with Crippen LogP contribution in [0.15, 0.2) is 84.0 Å². The Hall–Kier alpha value is -3.92. The summed E-state index contributed by atoms with van der Waals surface area (Å²) in [6, 6.07) is 19.3. The van der Waals surface area contributed by atoms with Crippen LogP contribution in [-0.2, 0) is 22.7 Å². The van der Waals surface area contributed by atoms with Gasteiger partial charge in [-0.1, -0.05) is 18.2 Å². The molecule has 46 heavy (non-hydrogen) atoms. The zero-order valence-electron chi connectivity index (χ0n) is 26.8. The van der Waals surface area contributed by atoms with Crippen LogP contribution < -0.4 is 20.1 Å². The number of carbonyl (C=O) groups excluding carboxylic acids is 2. The van der Waals surface area contributed by atoms with Gasteiger partial charge >= 0.3 is 0 Å². The largest absolute Gasteiger partial charge is 0.493 e. The lowest BCUT2D eigenvalue weighted by molar-refractivity contribution is -0.137. The molecule has 0 atom stereocenters. The number of carbonyl (C=O) groups is 2. The zero-order valence-corrected chi connectivity index (χ0v) is 28.5. The van der Waals surface area contributed by atoms with E-state index in [9.17, 15) is 14.4 Å². The van der Waals surface area contributed by atoms with Gasteiger partial charge in [0.1, 0.15) is 11.2 Å². The molecule has 0 bridgehead atoms. The highest BCUT2D eigenvalue weighted by Crippen LogP contribution is 2.40. The average molecular weight is 669 g/mol. The number of anilines is 2. The second kappa shape index (κ2) is 16.1. The van der Waals surface area contributed by atoms with E-state index in [-0.39, 0.29) is 42.2 Å². The molecule has 5 rings (SSSR count). The maximum absolute atomic E-state index is 13.2. The van der Waals surface area contributed by atoms with Gasteiger partial charge in [0.25, 0.3) is 5.56 Å². The summed E-state index contributed by atoms with van der Waals surface area (Å²) in [5.74, 6) is 0.210. The van der Waals surface area contributed by atoms with Crippen molar-refractivity contribution in [2.45, 2.75) is 46.7 Å². The summed E-state index contributed by atoms with van der Waals surface area (Å²) in [6.07, 6.45) is 7.12. The number of aromatic nitrogens is 2. The Bertz CT molecular complexity index is 1700. The lowest BCUT2D eigenvalue weighted by Crippen LogP contribution is -2.47. The van der Waals surface area contributed by atoms with E-state index in [1.807, 2.05) is 73.8 Å². The number of ether oxygens (including phenoxy) is 1. The van der Waals surface area contributed by atoms with Crippen molar-refractivity contribution in [1.82, 2.24) is 14.5 Å². The molecule has 2 amide bonds. The van der Waals surface area contributed by atoms with Crippen molar-refractivity contribution in [1.29, 1.82) is 0 Å². The number of amides is 2. The molecule has 11 heteroatoms. The fourth-order valence-electron chi connectivity index (χ4n) is 5.84. The Kier molecular flexibility index (Phi) is 12.8. The van der Waals surface area contributed by atoms with Crippen molar-refractivity contribution in [3.63, 3.8) is 0 Å². The topological polar surface area (TPSA) is 88.0 Å². The molecule has 2 aromatic carbocycles. The molecule has 4 aromatic rings. The van der Waals surface area contributed by atoms with Crippen LogP contribution >= 0.6 is 24.8 Å². The normalized spacial score (nSPS) is 14.0. The highest BCUT2D eigenvalue weighted by molar-refractivity contribution is 6.20. The van der Waals surface area contributed by atoms with Crippen LogP contribution in [0.4, 0.5) is 11.4 Å². The summed E-state index contributed by atoms with van der Waals surface area (Å²) in [7, 11) is 1.71. The fourth-order valence-corrected chi connectivity index (χ4v) is 5.84. The fraction of sp³-hybridized carbons (Fsp3) is 0.371. The molecule has 0 saturated heterocycles. The van der Waals surface area contributed by atoms with Crippen LogP contribution in [0.5, 0.6) is 5.75 Å². The molecule has 0 spiro atoms. The number of nitrogens with zero attached hydrogens (tertiary/aromatic N) is 5. The van der Waals surface area contributed by atoms with Gasteiger partial charge in [0.15, 0.2) is 0 Å². The third-order valence-corrected chi connectivity index (χ3v) is 8.34. The number of aryl methyl sites for hydroxylation is 1. The van der Waals surface area contributed by atoms with Crippen LogP contribution in [0.25, 0.3) is 10.8 Å². The Labute approximate surface area is 283 Å². The highest BCUT2D eigenvalue weighted by atomic mass is 35.5. The SMILES string of the molecule is CCN1C(=O)C(C)(C)C(=O)N(C)c2cc(OCCCN(CCCn3ccc4ccccc4c3=O)Cc3ccncc3)ccc21.Cl.Cl. The molecule has 246 valence electrons. The molecule has 2 aromatic heterocycles. The molecule has 0 aliphatic carbocycles. The molecular weight excluding hydrogens is 625 g/mol. The van der Waals surface area contributed by atoms with E-state index >= 15 is 0 Å². The summed E-state index contributed by atoms with van der Waals surface area (Å²) in [5.41, 5.74) is 1.45. The maximum atomic E-state index is 13.2. The van der Waals surface area contributed by atoms with Gasteiger partial charge in [-0.15, -0.1) is 24.8 Å². The second-order valence-corrected chi connectivity index (χ2v) is 11.8. The molecule has 3 heterocycles. The number of benzene rings is 2. The standard InChI is InChI=1S/C35H41N5O4.2ClH/c1-5-40-30-13-12-28(24-31(30)37(4)33(42)35(2,3)34(40)43)44-23-9-20-38(25-26-14-17-36-18-15-26)19-8-21-39-22-16-27-10-6-7-11-29(27)32(39)41;;/h6-7,10-18,22,24H,5,8-9,19-21,23,25H2,1-4H3;2*1H. The van der Waals surface area contributed by atoms with Crippen molar-refractivity contribution in [3.8, 4) is 5.75 Å². The number of hydrogen-bond donors (Lipinski definition) is 0. The Morgan fingerprint density at radius 1 is 0.870 bits per heavy atom. The highest BCUT2D eigenvalue weighted by Gasteiger charge is 2.45. The lowest BCUT2D eigenvalue weighted by Gasteiger charge is -2.27. The number of fused-ring (bicyclic) bond motifs is 2. The monoisotopic (exact) mass is 667 g/mol. The summed E-state index contributed by atoms with van der Waals surface area (Å²) in [4.78, 5) is 49.0. The maximum Gasteiger partial charge on any atom is 0.258 e. The van der Waals surface area contributed by atoms with Crippen molar-refractivity contribution in [2.24, 2.45) is 5.41 Å². The Morgan fingerprint density at radius 3 is 2.33 bits per heavy atom. The van der Waals surface area contributed by atoms with Gasteiger partial charge in [0, 0.05) is 69.8 Å². The lowest BCUT2D eigenvalue weighted by atomic mass is 9.90. The van der Waals surface area contributed by atoms with Gasteiger partial charge in [-0.25, -0.2) is 0 Å². The van der Waals surface area contributed by atoms with Crippen molar-refractivity contribution in [2.75, 3.05) is 43.1 Å². The minimum atomic E-state index is -1.15. The van der Waals surface area contributed by atoms with Crippen molar-refractivity contribution in [3.05, 3.63) is 95.2 Å². The first-order valence-corrected chi connectivity index (χ1v) is 15.3. The van der Waals surface area contributed by atoms with E-state index in [4.69, 9.17) is 4.74 Å². The van der Waals surface area contributed by atoms with E-state index in [1.54, 1.807) is 47.7 Å². The third-order valence-electron chi connectivity index (χ3n) is 8.34.